The maximum Gasteiger partial charge on any atom is 0.303 e. The lowest BCUT2D eigenvalue weighted by Gasteiger charge is -2.17. The van der Waals surface area contributed by atoms with E-state index < -0.39 is 18.2 Å². The minimum absolute atomic E-state index is 0.191. The Bertz CT molecular complexity index is 231. The normalized spacial score (nSPS) is 14.2. The van der Waals surface area contributed by atoms with Crippen LogP contribution >= 0.6 is 0 Å². The minimum Gasteiger partial charge on any atom is -0.481 e. The van der Waals surface area contributed by atoms with Gasteiger partial charge in [0.1, 0.15) is 0 Å². The Morgan fingerprint density at radius 3 is 1.75 bits per heavy atom. The summed E-state index contributed by atoms with van der Waals surface area (Å²) in [5.74, 6) is -0.770. The largest absolute Gasteiger partial charge is 0.481 e. The fourth-order valence-electron chi connectivity index (χ4n) is 2.33. The molecule has 0 aromatic heterocycles. The molecule has 0 aliphatic rings. The van der Waals surface area contributed by atoms with E-state index in [4.69, 9.17) is 5.11 Å². The van der Waals surface area contributed by atoms with Crippen molar-refractivity contribution < 1.29 is 20.1 Å². The highest BCUT2D eigenvalue weighted by molar-refractivity contribution is 5.66. The molecule has 0 aliphatic heterocycles. The first-order valence-electron chi connectivity index (χ1n) is 8.15. The first-order chi connectivity index (χ1) is 9.57. The monoisotopic (exact) mass is 288 g/mol. The highest BCUT2D eigenvalue weighted by atomic mass is 16.4. The molecular weight excluding hydrogens is 256 g/mol. The average molecular weight is 288 g/mol. The standard InChI is InChI=1S/C16H32O4/c1-2-3-4-5-6-8-11-14(17)15(18)12-9-7-10-13-16(19)20/h14-15,17-18H,2-13H2,1H3,(H,19,20). The van der Waals surface area contributed by atoms with E-state index >= 15 is 0 Å². The first-order valence-corrected chi connectivity index (χ1v) is 8.15. The van der Waals surface area contributed by atoms with Crippen molar-refractivity contribution in [1.82, 2.24) is 0 Å². The molecular formula is C16H32O4. The lowest BCUT2D eigenvalue weighted by atomic mass is 10.00. The van der Waals surface area contributed by atoms with Crippen LogP contribution in [0.3, 0.4) is 0 Å². The van der Waals surface area contributed by atoms with Gasteiger partial charge < -0.3 is 15.3 Å². The maximum absolute atomic E-state index is 10.3. The van der Waals surface area contributed by atoms with Crippen molar-refractivity contribution in [3.63, 3.8) is 0 Å². The molecule has 120 valence electrons. The molecule has 0 saturated carbocycles. The number of carbonyl (C=O) groups is 1. The van der Waals surface area contributed by atoms with Gasteiger partial charge in [0.25, 0.3) is 0 Å². The number of carboxylic acid groups (broad SMARTS) is 1. The van der Waals surface area contributed by atoms with E-state index in [0.717, 1.165) is 25.7 Å². The summed E-state index contributed by atoms with van der Waals surface area (Å²) in [5.41, 5.74) is 0. The van der Waals surface area contributed by atoms with Crippen molar-refractivity contribution >= 4 is 5.97 Å². The third kappa shape index (κ3) is 12.4. The van der Waals surface area contributed by atoms with E-state index in [0.29, 0.717) is 19.3 Å². The molecule has 0 radical (unpaired) electrons. The fraction of sp³-hybridized carbons (Fsp3) is 0.938. The highest BCUT2D eigenvalue weighted by Crippen LogP contribution is 2.14. The van der Waals surface area contributed by atoms with Crippen LogP contribution in [-0.2, 0) is 4.79 Å². The second-order valence-electron chi connectivity index (χ2n) is 5.68. The maximum atomic E-state index is 10.3. The SMILES string of the molecule is CCCCCCCCC(O)C(O)CCCCCC(=O)O. The van der Waals surface area contributed by atoms with Gasteiger partial charge in [0.05, 0.1) is 12.2 Å². The molecule has 4 nitrogen and oxygen atoms in total. The molecule has 0 fully saturated rings. The molecule has 0 bridgehead atoms. The molecule has 0 aromatic rings. The number of aliphatic hydroxyl groups is 2. The van der Waals surface area contributed by atoms with E-state index in [1.807, 2.05) is 0 Å². The van der Waals surface area contributed by atoms with Crippen LogP contribution in [0.2, 0.25) is 0 Å². The average Bonchev–Trinajstić information content (AvgIpc) is 2.41. The number of unbranched alkanes of at least 4 members (excludes halogenated alkanes) is 7. The van der Waals surface area contributed by atoms with Gasteiger partial charge in [0, 0.05) is 6.42 Å². The van der Waals surface area contributed by atoms with Crippen LogP contribution in [-0.4, -0.2) is 33.5 Å². The quantitative estimate of drug-likeness (QED) is 0.428. The summed E-state index contributed by atoms with van der Waals surface area (Å²) >= 11 is 0. The van der Waals surface area contributed by atoms with E-state index in [9.17, 15) is 15.0 Å². The Hall–Kier alpha value is -0.610. The second-order valence-corrected chi connectivity index (χ2v) is 5.68. The zero-order chi connectivity index (χ0) is 15.2. The van der Waals surface area contributed by atoms with Crippen LogP contribution in [0.25, 0.3) is 0 Å². The zero-order valence-electron chi connectivity index (χ0n) is 12.9. The van der Waals surface area contributed by atoms with Gasteiger partial charge >= 0.3 is 5.97 Å². The van der Waals surface area contributed by atoms with Gasteiger partial charge in [-0.2, -0.15) is 0 Å². The number of hydrogen-bond acceptors (Lipinski definition) is 3. The number of aliphatic hydroxyl groups excluding tert-OH is 2. The Morgan fingerprint density at radius 1 is 0.800 bits per heavy atom. The molecule has 0 aromatic carbocycles. The van der Waals surface area contributed by atoms with Crippen LogP contribution in [0.1, 0.15) is 84.0 Å². The molecule has 0 amide bonds. The lowest BCUT2D eigenvalue weighted by Crippen LogP contribution is -2.25. The Labute approximate surface area is 123 Å². The third-order valence-corrected chi connectivity index (χ3v) is 3.69. The van der Waals surface area contributed by atoms with Crippen molar-refractivity contribution in [2.24, 2.45) is 0 Å². The fourth-order valence-corrected chi connectivity index (χ4v) is 2.33. The molecule has 0 rings (SSSR count). The Balaban J connectivity index is 3.41. The van der Waals surface area contributed by atoms with Crippen LogP contribution < -0.4 is 0 Å². The Kier molecular flexibility index (Phi) is 13.0. The van der Waals surface area contributed by atoms with Crippen molar-refractivity contribution in [2.45, 2.75) is 96.2 Å². The highest BCUT2D eigenvalue weighted by Gasteiger charge is 2.15. The van der Waals surface area contributed by atoms with E-state index in [2.05, 4.69) is 6.92 Å². The Morgan fingerprint density at radius 2 is 1.25 bits per heavy atom. The number of rotatable bonds is 14. The summed E-state index contributed by atoms with van der Waals surface area (Å²) in [6.45, 7) is 2.19. The van der Waals surface area contributed by atoms with Crippen LogP contribution in [0.4, 0.5) is 0 Å². The molecule has 2 unspecified atom stereocenters. The van der Waals surface area contributed by atoms with Gasteiger partial charge in [-0.25, -0.2) is 0 Å². The second kappa shape index (κ2) is 13.4. The van der Waals surface area contributed by atoms with Crippen molar-refractivity contribution in [2.75, 3.05) is 0 Å². The zero-order valence-corrected chi connectivity index (χ0v) is 12.9. The van der Waals surface area contributed by atoms with Crippen molar-refractivity contribution in [3.05, 3.63) is 0 Å². The molecule has 4 heteroatoms. The summed E-state index contributed by atoms with van der Waals surface area (Å²) in [7, 11) is 0. The summed E-state index contributed by atoms with van der Waals surface area (Å²) in [6.07, 6.45) is 9.47. The van der Waals surface area contributed by atoms with Gasteiger partial charge in [0.2, 0.25) is 0 Å². The van der Waals surface area contributed by atoms with Crippen molar-refractivity contribution in [1.29, 1.82) is 0 Å². The lowest BCUT2D eigenvalue weighted by molar-refractivity contribution is -0.137. The van der Waals surface area contributed by atoms with Gasteiger partial charge in [-0.1, -0.05) is 58.3 Å². The predicted octanol–water partition coefficient (Wildman–Crippen LogP) is 3.49. The van der Waals surface area contributed by atoms with Gasteiger partial charge in [-0.3, -0.25) is 4.79 Å². The summed E-state index contributed by atoms with van der Waals surface area (Å²) in [5, 5.41) is 28.1. The van der Waals surface area contributed by atoms with Crippen molar-refractivity contribution in [3.8, 4) is 0 Å². The van der Waals surface area contributed by atoms with E-state index in [1.165, 1.54) is 25.7 Å². The summed E-state index contributed by atoms with van der Waals surface area (Å²) < 4.78 is 0. The van der Waals surface area contributed by atoms with Crippen LogP contribution in [0.15, 0.2) is 0 Å². The van der Waals surface area contributed by atoms with Gasteiger partial charge in [0.15, 0.2) is 0 Å². The molecule has 3 N–H and O–H groups in total. The molecule has 0 aliphatic carbocycles. The number of aliphatic carboxylic acids is 1. The molecule has 0 heterocycles. The molecule has 2 atom stereocenters. The third-order valence-electron chi connectivity index (χ3n) is 3.69. The number of hydrogen-bond donors (Lipinski definition) is 3. The minimum atomic E-state index is -0.770. The van der Waals surface area contributed by atoms with Crippen LogP contribution in [0.5, 0.6) is 0 Å². The molecule has 0 saturated heterocycles. The van der Waals surface area contributed by atoms with E-state index in [-0.39, 0.29) is 6.42 Å². The topological polar surface area (TPSA) is 77.8 Å². The van der Waals surface area contributed by atoms with Gasteiger partial charge in [-0.05, 0) is 19.3 Å². The van der Waals surface area contributed by atoms with Gasteiger partial charge in [-0.15, -0.1) is 0 Å². The first kappa shape index (κ1) is 19.4. The molecule has 0 spiro atoms. The summed E-state index contributed by atoms with van der Waals surface area (Å²) in [4.78, 5) is 10.3. The molecule has 20 heavy (non-hydrogen) atoms. The summed E-state index contributed by atoms with van der Waals surface area (Å²) in [6, 6.07) is 0. The smallest absolute Gasteiger partial charge is 0.303 e. The van der Waals surface area contributed by atoms with E-state index in [1.54, 1.807) is 0 Å². The number of carboxylic acids is 1. The van der Waals surface area contributed by atoms with Crippen LogP contribution in [0, 0.1) is 0 Å². The predicted molar refractivity (Wildman–Crippen MR) is 80.7 cm³/mol.